The molecule has 0 unspecified atom stereocenters. The van der Waals surface area contributed by atoms with Crippen LogP contribution in [0.25, 0.3) is 22.4 Å². The van der Waals surface area contributed by atoms with Crippen molar-refractivity contribution in [1.82, 2.24) is 20.2 Å². The highest BCUT2D eigenvalue weighted by atomic mass is 16.5. The van der Waals surface area contributed by atoms with Crippen LogP contribution in [0.1, 0.15) is 6.92 Å². The fourth-order valence-electron chi connectivity index (χ4n) is 1.87. The van der Waals surface area contributed by atoms with Crippen molar-refractivity contribution in [1.29, 1.82) is 0 Å². The summed E-state index contributed by atoms with van der Waals surface area (Å²) >= 11 is 0. The maximum Gasteiger partial charge on any atom is 0.142 e. The van der Waals surface area contributed by atoms with Gasteiger partial charge in [0, 0.05) is 6.07 Å². The SMILES string of the molecule is CCOc1ccc(-c2nc3cnncc3[nH]2)c(O)c1. The Balaban J connectivity index is 2.05. The maximum atomic E-state index is 10.0. The van der Waals surface area contributed by atoms with Crippen LogP contribution < -0.4 is 4.74 Å². The van der Waals surface area contributed by atoms with Gasteiger partial charge >= 0.3 is 0 Å². The Bertz CT molecular complexity index is 690. The lowest BCUT2D eigenvalue weighted by atomic mass is 10.2. The van der Waals surface area contributed by atoms with E-state index in [9.17, 15) is 5.11 Å². The summed E-state index contributed by atoms with van der Waals surface area (Å²) < 4.78 is 5.33. The van der Waals surface area contributed by atoms with Crippen LogP contribution in [0.2, 0.25) is 0 Å². The maximum absolute atomic E-state index is 10.0. The van der Waals surface area contributed by atoms with E-state index in [0.29, 0.717) is 29.3 Å². The molecule has 96 valence electrons. The Morgan fingerprint density at radius 2 is 2.11 bits per heavy atom. The highest BCUT2D eigenvalue weighted by Gasteiger charge is 2.10. The van der Waals surface area contributed by atoms with Crippen molar-refractivity contribution in [3.05, 3.63) is 30.6 Å². The zero-order chi connectivity index (χ0) is 13.2. The third-order valence-electron chi connectivity index (χ3n) is 2.73. The Morgan fingerprint density at radius 1 is 1.26 bits per heavy atom. The molecule has 2 aromatic heterocycles. The predicted molar refractivity (Wildman–Crippen MR) is 70.0 cm³/mol. The molecule has 0 aliphatic heterocycles. The molecule has 6 nitrogen and oxygen atoms in total. The number of phenolic OH excluding ortho intramolecular Hbond substituents is 1. The van der Waals surface area contributed by atoms with Gasteiger partial charge in [-0.05, 0) is 19.1 Å². The molecule has 0 saturated heterocycles. The summed E-state index contributed by atoms with van der Waals surface area (Å²) in [5.41, 5.74) is 2.09. The fourth-order valence-corrected chi connectivity index (χ4v) is 1.87. The van der Waals surface area contributed by atoms with Crippen LogP contribution in [0.3, 0.4) is 0 Å². The number of aromatic amines is 1. The first-order chi connectivity index (χ1) is 9.28. The van der Waals surface area contributed by atoms with Gasteiger partial charge in [0.2, 0.25) is 0 Å². The van der Waals surface area contributed by atoms with Gasteiger partial charge < -0.3 is 14.8 Å². The lowest BCUT2D eigenvalue weighted by molar-refractivity contribution is 0.338. The standard InChI is InChI=1S/C13H12N4O2/c1-2-19-8-3-4-9(12(18)5-8)13-16-10-6-14-15-7-11(10)17-13/h3-7,18H,2H2,1H3,(H,16,17). The summed E-state index contributed by atoms with van der Waals surface area (Å²) in [5, 5.41) is 17.6. The van der Waals surface area contributed by atoms with Gasteiger partial charge in [0.1, 0.15) is 22.8 Å². The van der Waals surface area contributed by atoms with E-state index < -0.39 is 0 Å². The monoisotopic (exact) mass is 256 g/mol. The molecule has 1 aromatic carbocycles. The molecule has 0 fully saturated rings. The second-order valence-electron chi connectivity index (χ2n) is 3.99. The molecule has 0 aliphatic carbocycles. The Kier molecular flexibility index (Phi) is 2.75. The minimum Gasteiger partial charge on any atom is -0.507 e. The van der Waals surface area contributed by atoms with E-state index in [0.717, 1.165) is 5.52 Å². The first kappa shape index (κ1) is 11.5. The molecule has 3 rings (SSSR count). The van der Waals surface area contributed by atoms with Gasteiger partial charge in [-0.2, -0.15) is 10.2 Å². The number of aromatic nitrogens is 4. The van der Waals surface area contributed by atoms with Crippen molar-refractivity contribution >= 4 is 11.0 Å². The minimum absolute atomic E-state index is 0.117. The van der Waals surface area contributed by atoms with Crippen LogP contribution in [-0.4, -0.2) is 31.9 Å². The summed E-state index contributed by atoms with van der Waals surface area (Å²) in [6.45, 7) is 2.45. The first-order valence-electron chi connectivity index (χ1n) is 5.90. The number of H-pyrrole nitrogens is 1. The van der Waals surface area contributed by atoms with Crippen molar-refractivity contribution in [3.8, 4) is 22.9 Å². The summed E-state index contributed by atoms with van der Waals surface area (Å²) in [6, 6.07) is 5.13. The molecule has 0 spiro atoms. The van der Waals surface area contributed by atoms with Crippen LogP contribution in [0, 0.1) is 0 Å². The molecule has 0 atom stereocenters. The number of imidazole rings is 1. The molecule has 2 heterocycles. The lowest BCUT2D eigenvalue weighted by Gasteiger charge is -2.05. The van der Waals surface area contributed by atoms with Gasteiger partial charge in [-0.3, -0.25) is 0 Å². The van der Waals surface area contributed by atoms with E-state index in [1.165, 1.54) is 0 Å². The van der Waals surface area contributed by atoms with E-state index in [4.69, 9.17) is 4.74 Å². The van der Waals surface area contributed by atoms with Crippen molar-refractivity contribution in [2.24, 2.45) is 0 Å². The lowest BCUT2D eigenvalue weighted by Crippen LogP contribution is -1.91. The van der Waals surface area contributed by atoms with Crippen LogP contribution >= 0.6 is 0 Å². The van der Waals surface area contributed by atoms with Gasteiger partial charge in [0.05, 0.1) is 30.1 Å². The summed E-state index contributed by atoms with van der Waals surface area (Å²) in [6.07, 6.45) is 3.17. The highest BCUT2D eigenvalue weighted by molar-refractivity contribution is 5.79. The topological polar surface area (TPSA) is 83.9 Å². The summed E-state index contributed by atoms with van der Waals surface area (Å²) in [7, 11) is 0. The quantitative estimate of drug-likeness (QED) is 0.749. The molecule has 6 heteroatoms. The molecule has 3 aromatic rings. The molecule has 0 aliphatic rings. The number of nitrogens with one attached hydrogen (secondary N) is 1. The molecule has 0 amide bonds. The number of nitrogens with zero attached hydrogens (tertiary/aromatic N) is 3. The van der Waals surface area contributed by atoms with E-state index in [2.05, 4.69) is 20.2 Å². The van der Waals surface area contributed by atoms with E-state index in [1.807, 2.05) is 6.92 Å². The highest BCUT2D eigenvalue weighted by Crippen LogP contribution is 2.31. The number of hydrogen-bond acceptors (Lipinski definition) is 5. The number of benzene rings is 1. The average molecular weight is 256 g/mol. The van der Waals surface area contributed by atoms with Gasteiger partial charge in [-0.15, -0.1) is 0 Å². The van der Waals surface area contributed by atoms with Crippen LogP contribution in [-0.2, 0) is 0 Å². The van der Waals surface area contributed by atoms with Crippen molar-refractivity contribution < 1.29 is 9.84 Å². The average Bonchev–Trinajstić information content (AvgIpc) is 2.82. The predicted octanol–water partition coefficient (Wildman–Crippen LogP) is 2.12. The zero-order valence-electron chi connectivity index (χ0n) is 10.3. The van der Waals surface area contributed by atoms with Crippen molar-refractivity contribution in [2.75, 3.05) is 6.61 Å². The van der Waals surface area contributed by atoms with Crippen LogP contribution in [0.4, 0.5) is 0 Å². The van der Waals surface area contributed by atoms with Gasteiger partial charge in [0.25, 0.3) is 0 Å². The van der Waals surface area contributed by atoms with Gasteiger partial charge in [-0.1, -0.05) is 0 Å². The second kappa shape index (κ2) is 4.56. The van der Waals surface area contributed by atoms with Gasteiger partial charge in [0.15, 0.2) is 0 Å². The van der Waals surface area contributed by atoms with Gasteiger partial charge in [-0.25, -0.2) is 4.98 Å². The third kappa shape index (κ3) is 2.08. The molecule has 0 radical (unpaired) electrons. The van der Waals surface area contributed by atoms with E-state index in [1.54, 1.807) is 30.6 Å². The summed E-state index contributed by atoms with van der Waals surface area (Å²) in [5.74, 6) is 1.32. The number of phenols is 1. The number of rotatable bonds is 3. The Labute approximate surface area is 109 Å². The molecular weight excluding hydrogens is 244 g/mol. The second-order valence-corrected chi connectivity index (χ2v) is 3.99. The largest absolute Gasteiger partial charge is 0.507 e. The van der Waals surface area contributed by atoms with E-state index in [-0.39, 0.29) is 5.75 Å². The molecule has 2 N–H and O–H groups in total. The third-order valence-corrected chi connectivity index (χ3v) is 2.73. The molecule has 0 bridgehead atoms. The molecular formula is C13H12N4O2. The molecule has 0 saturated carbocycles. The number of fused-ring (bicyclic) bond motifs is 1. The Hall–Kier alpha value is -2.63. The van der Waals surface area contributed by atoms with Crippen LogP contribution in [0.5, 0.6) is 11.5 Å². The smallest absolute Gasteiger partial charge is 0.142 e. The van der Waals surface area contributed by atoms with Crippen LogP contribution in [0.15, 0.2) is 30.6 Å². The van der Waals surface area contributed by atoms with Crippen molar-refractivity contribution in [2.45, 2.75) is 6.92 Å². The normalized spacial score (nSPS) is 10.8. The number of aromatic hydroxyl groups is 1. The fraction of sp³-hybridized carbons (Fsp3) is 0.154. The Morgan fingerprint density at radius 3 is 2.84 bits per heavy atom. The first-order valence-corrected chi connectivity index (χ1v) is 5.90. The number of hydrogen-bond donors (Lipinski definition) is 2. The number of ether oxygens (including phenoxy) is 1. The van der Waals surface area contributed by atoms with Crippen molar-refractivity contribution in [3.63, 3.8) is 0 Å². The zero-order valence-corrected chi connectivity index (χ0v) is 10.3. The van der Waals surface area contributed by atoms with E-state index >= 15 is 0 Å². The minimum atomic E-state index is 0.117. The summed E-state index contributed by atoms with van der Waals surface area (Å²) in [4.78, 5) is 7.45. The molecule has 19 heavy (non-hydrogen) atoms.